The molecule has 1 aromatic rings. The van der Waals surface area contributed by atoms with Gasteiger partial charge >= 0.3 is 6.18 Å². The molecule has 0 atom stereocenters. The van der Waals surface area contributed by atoms with Crippen molar-refractivity contribution in [3.63, 3.8) is 0 Å². The van der Waals surface area contributed by atoms with Crippen LogP contribution in [-0.4, -0.2) is 13.2 Å². The summed E-state index contributed by atoms with van der Waals surface area (Å²) < 4.78 is 65.0. The second-order valence-electron chi connectivity index (χ2n) is 6.78. The zero-order valence-corrected chi connectivity index (χ0v) is 15.1. The van der Waals surface area contributed by atoms with Gasteiger partial charge in [-0.1, -0.05) is 19.4 Å². The van der Waals surface area contributed by atoms with Gasteiger partial charge in [0.25, 0.3) is 0 Å². The highest BCUT2D eigenvalue weighted by atomic mass is 19.4. The van der Waals surface area contributed by atoms with Gasteiger partial charge in [0.05, 0.1) is 13.2 Å². The first kappa shape index (κ1) is 20.6. The Hall–Kier alpha value is -1.72. The lowest BCUT2D eigenvalue weighted by Crippen LogP contribution is -2.21. The van der Waals surface area contributed by atoms with Gasteiger partial charge in [0, 0.05) is 0 Å². The number of ether oxygens (including phenoxy) is 2. The van der Waals surface area contributed by atoms with Gasteiger partial charge in [-0.05, 0) is 56.1 Å². The van der Waals surface area contributed by atoms with Crippen LogP contribution in [0.2, 0.25) is 0 Å². The van der Waals surface area contributed by atoms with E-state index in [-0.39, 0.29) is 24.9 Å². The molecule has 0 unspecified atom stereocenters. The molecule has 1 aliphatic carbocycles. The molecule has 0 spiro atoms. The van der Waals surface area contributed by atoms with Gasteiger partial charge < -0.3 is 9.47 Å². The highest BCUT2D eigenvalue weighted by molar-refractivity contribution is 5.44. The Labute approximate surface area is 152 Å². The van der Waals surface area contributed by atoms with E-state index in [1.54, 1.807) is 0 Å². The van der Waals surface area contributed by atoms with Gasteiger partial charge in [-0.25, -0.2) is 4.39 Å². The van der Waals surface area contributed by atoms with Gasteiger partial charge in [-0.15, -0.1) is 6.58 Å². The van der Waals surface area contributed by atoms with E-state index in [1.807, 2.05) is 13.0 Å². The van der Waals surface area contributed by atoms with Crippen LogP contribution in [0.1, 0.15) is 51.0 Å². The number of hydrogen-bond donors (Lipinski definition) is 0. The van der Waals surface area contributed by atoms with Crippen LogP contribution in [0, 0.1) is 17.7 Å². The highest BCUT2D eigenvalue weighted by Gasteiger charge is 2.39. The zero-order valence-electron chi connectivity index (χ0n) is 15.1. The van der Waals surface area contributed by atoms with Crippen molar-refractivity contribution in [3.8, 4) is 11.5 Å². The van der Waals surface area contributed by atoms with Crippen LogP contribution in [0.4, 0.5) is 17.6 Å². The largest absolute Gasteiger partial charge is 0.493 e. The summed E-state index contributed by atoms with van der Waals surface area (Å²) in [6.07, 6.45) is 2.20. The number of alkyl halides is 3. The number of halogens is 4. The molecular weight excluding hydrogens is 348 g/mol. The van der Waals surface area contributed by atoms with Crippen LogP contribution < -0.4 is 9.47 Å². The summed E-state index contributed by atoms with van der Waals surface area (Å²) in [5, 5.41) is 0. The smallest absolute Gasteiger partial charge is 0.422 e. The van der Waals surface area contributed by atoms with Crippen LogP contribution in [-0.2, 0) is 6.18 Å². The molecule has 2 nitrogen and oxygen atoms in total. The number of rotatable bonds is 8. The summed E-state index contributed by atoms with van der Waals surface area (Å²) in [5.74, 6) is -1.61. The summed E-state index contributed by atoms with van der Waals surface area (Å²) in [6.45, 7) is 6.03. The van der Waals surface area contributed by atoms with Crippen LogP contribution >= 0.6 is 0 Å². The predicted octanol–water partition coefficient (Wildman–Crippen LogP) is 6.39. The Morgan fingerprint density at radius 2 is 1.77 bits per heavy atom. The van der Waals surface area contributed by atoms with E-state index in [0.717, 1.165) is 38.2 Å². The van der Waals surface area contributed by atoms with E-state index in [2.05, 4.69) is 6.58 Å². The molecule has 2 rings (SSSR count). The molecule has 6 heteroatoms. The predicted molar refractivity (Wildman–Crippen MR) is 92.9 cm³/mol. The van der Waals surface area contributed by atoms with Crippen molar-refractivity contribution >= 4 is 0 Å². The van der Waals surface area contributed by atoms with E-state index >= 15 is 0 Å². The Morgan fingerprint density at radius 1 is 1.12 bits per heavy atom. The molecule has 1 aliphatic rings. The molecular formula is C20H26F4O2. The van der Waals surface area contributed by atoms with Gasteiger partial charge in [0.15, 0.2) is 11.6 Å². The first-order chi connectivity index (χ1) is 12.4. The first-order valence-electron chi connectivity index (χ1n) is 9.14. The second kappa shape index (κ2) is 9.28. The molecule has 0 heterocycles. The van der Waals surface area contributed by atoms with Crippen molar-refractivity contribution in [2.45, 2.75) is 51.6 Å². The van der Waals surface area contributed by atoms with Gasteiger partial charge in [0.2, 0.25) is 0 Å². The van der Waals surface area contributed by atoms with Crippen molar-refractivity contribution in [1.29, 1.82) is 0 Å². The van der Waals surface area contributed by atoms with E-state index < -0.39 is 23.3 Å². The lowest BCUT2D eigenvalue weighted by molar-refractivity contribution is -0.141. The Bertz CT molecular complexity index is 590. The number of unbranched alkanes of at least 4 members (excludes halogenated alkanes) is 1. The minimum atomic E-state index is -4.84. The van der Waals surface area contributed by atoms with Crippen molar-refractivity contribution in [2.75, 3.05) is 13.2 Å². The standard InChI is InChI=1S/C20H26F4O2/c1-3-5-12-25-17-11-10-16(18(19(17)21)20(22,23)24)26-13-15-8-6-14(4-2)7-9-15/h4,10-11,14-15H,2-3,5-9,12-13H2,1H3. The molecule has 1 saturated carbocycles. The molecule has 0 saturated heterocycles. The van der Waals surface area contributed by atoms with Crippen LogP contribution in [0.15, 0.2) is 24.8 Å². The molecule has 1 fully saturated rings. The maximum Gasteiger partial charge on any atom is 0.422 e. The lowest BCUT2D eigenvalue weighted by atomic mass is 9.82. The van der Waals surface area contributed by atoms with Crippen molar-refractivity contribution in [3.05, 3.63) is 36.2 Å². The maximum atomic E-state index is 14.4. The van der Waals surface area contributed by atoms with E-state index in [0.29, 0.717) is 12.3 Å². The third kappa shape index (κ3) is 5.39. The Kier molecular flexibility index (Phi) is 7.35. The molecule has 1 aromatic carbocycles. The SMILES string of the molecule is C=CC1CCC(COc2ccc(OCCCC)c(F)c2C(F)(F)F)CC1. The second-order valence-corrected chi connectivity index (χ2v) is 6.78. The summed E-state index contributed by atoms with van der Waals surface area (Å²) in [4.78, 5) is 0. The Morgan fingerprint density at radius 3 is 2.35 bits per heavy atom. The Balaban J connectivity index is 2.09. The minimum Gasteiger partial charge on any atom is -0.493 e. The molecule has 26 heavy (non-hydrogen) atoms. The quantitative estimate of drug-likeness (QED) is 0.298. The molecule has 0 radical (unpaired) electrons. The van der Waals surface area contributed by atoms with Crippen molar-refractivity contribution in [1.82, 2.24) is 0 Å². The summed E-state index contributed by atoms with van der Waals surface area (Å²) >= 11 is 0. The normalized spacial score (nSPS) is 20.7. The average Bonchev–Trinajstić information content (AvgIpc) is 2.61. The monoisotopic (exact) mass is 374 g/mol. The molecule has 0 aromatic heterocycles. The van der Waals surface area contributed by atoms with Crippen molar-refractivity contribution in [2.24, 2.45) is 11.8 Å². The van der Waals surface area contributed by atoms with E-state index in [4.69, 9.17) is 9.47 Å². The van der Waals surface area contributed by atoms with E-state index in [9.17, 15) is 17.6 Å². The van der Waals surface area contributed by atoms with Gasteiger partial charge in [-0.2, -0.15) is 13.2 Å². The van der Waals surface area contributed by atoms with Crippen molar-refractivity contribution < 1.29 is 27.0 Å². The third-order valence-electron chi connectivity index (χ3n) is 4.81. The summed E-state index contributed by atoms with van der Waals surface area (Å²) in [7, 11) is 0. The van der Waals surface area contributed by atoms with Gasteiger partial charge in [0.1, 0.15) is 11.3 Å². The highest BCUT2D eigenvalue weighted by Crippen LogP contribution is 2.42. The molecule has 0 aliphatic heterocycles. The first-order valence-corrected chi connectivity index (χ1v) is 9.14. The average molecular weight is 374 g/mol. The van der Waals surface area contributed by atoms with E-state index in [1.165, 1.54) is 6.07 Å². The number of hydrogen-bond acceptors (Lipinski definition) is 2. The number of benzene rings is 1. The fourth-order valence-corrected chi connectivity index (χ4v) is 3.16. The molecule has 0 amide bonds. The zero-order chi connectivity index (χ0) is 19.2. The number of allylic oxidation sites excluding steroid dienone is 1. The minimum absolute atomic E-state index is 0.155. The van der Waals surface area contributed by atoms with Crippen LogP contribution in [0.25, 0.3) is 0 Å². The van der Waals surface area contributed by atoms with Gasteiger partial charge in [-0.3, -0.25) is 0 Å². The lowest BCUT2D eigenvalue weighted by Gasteiger charge is -2.27. The maximum absolute atomic E-state index is 14.4. The fourth-order valence-electron chi connectivity index (χ4n) is 3.16. The third-order valence-corrected chi connectivity index (χ3v) is 4.81. The summed E-state index contributed by atoms with van der Waals surface area (Å²) in [5.41, 5.74) is -1.38. The topological polar surface area (TPSA) is 18.5 Å². The summed E-state index contributed by atoms with van der Waals surface area (Å²) in [6, 6.07) is 2.37. The van der Waals surface area contributed by atoms with Crippen LogP contribution in [0.5, 0.6) is 11.5 Å². The fraction of sp³-hybridized carbons (Fsp3) is 0.600. The molecule has 0 bridgehead atoms. The molecule has 0 N–H and O–H groups in total. The molecule has 146 valence electrons. The van der Waals surface area contributed by atoms with Crippen LogP contribution in [0.3, 0.4) is 0 Å².